The van der Waals surface area contributed by atoms with Crippen molar-refractivity contribution in [3.63, 3.8) is 0 Å². The van der Waals surface area contributed by atoms with Crippen molar-refractivity contribution in [3.05, 3.63) is 6.07 Å². The number of nitrogen functional groups attached to an aromatic ring is 1. The molecule has 3 N–H and O–H groups in total. The number of unbranched alkanes of at least 4 members (excludes halogenated alkanes) is 1. The number of hydrogen-bond donors (Lipinski definition) is 2. The maximum absolute atomic E-state index is 5.85. The van der Waals surface area contributed by atoms with Gasteiger partial charge in [0.05, 0.1) is 6.61 Å². The Balaban J connectivity index is 2.04. The Morgan fingerprint density at radius 1 is 1.48 bits per heavy atom. The van der Waals surface area contributed by atoms with Gasteiger partial charge in [0.15, 0.2) is 0 Å². The standard InChI is InChI=1S/C15H27N5O/c1-3-4-7-17-13-9-14(19-15(16)18-13)20-8-5-6-12(10-20)11-21-2/h9,12H,3-8,10-11H2,1-2H3,(H3,16,17,18,19). The van der Waals surface area contributed by atoms with E-state index in [-0.39, 0.29) is 0 Å². The third kappa shape index (κ3) is 4.74. The van der Waals surface area contributed by atoms with E-state index in [1.807, 2.05) is 6.07 Å². The fourth-order valence-electron chi connectivity index (χ4n) is 2.74. The van der Waals surface area contributed by atoms with Gasteiger partial charge in [-0.2, -0.15) is 9.97 Å². The van der Waals surface area contributed by atoms with Crippen molar-refractivity contribution in [2.24, 2.45) is 5.92 Å². The van der Waals surface area contributed by atoms with Crippen LogP contribution in [0.5, 0.6) is 0 Å². The number of piperidine rings is 1. The van der Waals surface area contributed by atoms with Gasteiger partial charge in [0.1, 0.15) is 11.6 Å². The summed E-state index contributed by atoms with van der Waals surface area (Å²) in [4.78, 5) is 10.9. The topological polar surface area (TPSA) is 76.3 Å². The Morgan fingerprint density at radius 2 is 2.33 bits per heavy atom. The lowest BCUT2D eigenvalue weighted by Gasteiger charge is -2.33. The molecule has 0 saturated carbocycles. The first-order chi connectivity index (χ1) is 10.2. The number of nitrogens with zero attached hydrogens (tertiary/aromatic N) is 3. The molecule has 2 heterocycles. The summed E-state index contributed by atoms with van der Waals surface area (Å²) in [6, 6.07) is 2.00. The number of nitrogens with two attached hydrogens (primary N) is 1. The molecule has 1 aliphatic heterocycles. The molecular weight excluding hydrogens is 266 g/mol. The Hall–Kier alpha value is -1.56. The zero-order valence-corrected chi connectivity index (χ0v) is 13.1. The molecular formula is C15H27N5O. The number of ether oxygens (including phenoxy) is 1. The third-order valence-corrected chi connectivity index (χ3v) is 3.81. The van der Waals surface area contributed by atoms with Gasteiger partial charge in [0.2, 0.25) is 5.95 Å². The van der Waals surface area contributed by atoms with Gasteiger partial charge in [0.25, 0.3) is 0 Å². The largest absolute Gasteiger partial charge is 0.384 e. The molecule has 1 saturated heterocycles. The van der Waals surface area contributed by atoms with Crippen molar-refractivity contribution in [1.82, 2.24) is 9.97 Å². The summed E-state index contributed by atoms with van der Waals surface area (Å²) in [7, 11) is 1.76. The van der Waals surface area contributed by atoms with Crippen molar-refractivity contribution in [2.75, 3.05) is 49.3 Å². The summed E-state index contributed by atoms with van der Waals surface area (Å²) in [6.45, 7) is 5.88. The van der Waals surface area contributed by atoms with Gasteiger partial charge in [-0.05, 0) is 25.2 Å². The average molecular weight is 293 g/mol. The average Bonchev–Trinajstić information content (AvgIpc) is 2.48. The molecule has 1 fully saturated rings. The smallest absolute Gasteiger partial charge is 0.223 e. The predicted octanol–water partition coefficient (Wildman–Crippen LogP) is 2.13. The molecule has 1 atom stereocenters. The van der Waals surface area contributed by atoms with Gasteiger partial charge in [-0.1, -0.05) is 13.3 Å². The Kier molecular flexibility index (Phi) is 6.04. The lowest BCUT2D eigenvalue weighted by atomic mass is 9.99. The first-order valence-corrected chi connectivity index (χ1v) is 7.85. The molecule has 0 amide bonds. The summed E-state index contributed by atoms with van der Waals surface area (Å²) >= 11 is 0. The van der Waals surface area contributed by atoms with Crippen molar-refractivity contribution < 1.29 is 4.74 Å². The second-order valence-corrected chi connectivity index (χ2v) is 5.66. The van der Waals surface area contributed by atoms with E-state index in [4.69, 9.17) is 10.5 Å². The summed E-state index contributed by atoms with van der Waals surface area (Å²) in [6.07, 6.45) is 4.66. The van der Waals surface area contributed by atoms with Crippen LogP contribution in [0.3, 0.4) is 0 Å². The second kappa shape index (κ2) is 8.02. The summed E-state index contributed by atoms with van der Waals surface area (Å²) in [5, 5.41) is 3.32. The number of hydrogen-bond acceptors (Lipinski definition) is 6. The molecule has 0 bridgehead atoms. The number of methoxy groups -OCH3 is 1. The lowest BCUT2D eigenvalue weighted by molar-refractivity contribution is 0.143. The minimum absolute atomic E-state index is 0.334. The predicted molar refractivity (Wildman–Crippen MR) is 86.7 cm³/mol. The molecule has 1 aromatic heterocycles. The highest BCUT2D eigenvalue weighted by Gasteiger charge is 2.21. The second-order valence-electron chi connectivity index (χ2n) is 5.66. The van der Waals surface area contributed by atoms with Crippen LogP contribution in [0.4, 0.5) is 17.6 Å². The molecule has 1 unspecified atom stereocenters. The fraction of sp³-hybridized carbons (Fsp3) is 0.733. The van der Waals surface area contributed by atoms with E-state index in [9.17, 15) is 0 Å². The SMILES string of the molecule is CCCCNc1cc(N2CCCC(COC)C2)nc(N)n1. The summed E-state index contributed by atoms with van der Waals surface area (Å²) in [5.74, 6) is 2.64. The monoisotopic (exact) mass is 293 g/mol. The van der Waals surface area contributed by atoms with Gasteiger partial charge in [-0.15, -0.1) is 0 Å². The van der Waals surface area contributed by atoms with Gasteiger partial charge >= 0.3 is 0 Å². The van der Waals surface area contributed by atoms with Crippen molar-refractivity contribution in [2.45, 2.75) is 32.6 Å². The van der Waals surface area contributed by atoms with Crippen LogP contribution < -0.4 is 16.0 Å². The molecule has 2 rings (SSSR count). The fourth-order valence-corrected chi connectivity index (χ4v) is 2.74. The van der Waals surface area contributed by atoms with Crippen LogP contribution in [0.2, 0.25) is 0 Å². The summed E-state index contributed by atoms with van der Waals surface area (Å²) in [5.41, 5.74) is 5.85. The van der Waals surface area contributed by atoms with E-state index in [2.05, 4.69) is 27.1 Å². The highest BCUT2D eigenvalue weighted by Crippen LogP contribution is 2.24. The van der Waals surface area contributed by atoms with Crippen LogP contribution in [0.1, 0.15) is 32.6 Å². The molecule has 0 aromatic carbocycles. The van der Waals surface area contributed by atoms with Gasteiger partial charge in [-0.25, -0.2) is 0 Å². The first kappa shape index (κ1) is 15.8. The number of rotatable bonds is 7. The Bertz CT molecular complexity index is 438. The lowest BCUT2D eigenvalue weighted by Crippen LogP contribution is -2.37. The molecule has 0 aliphatic carbocycles. The number of aromatic nitrogens is 2. The molecule has 0 radical (unpaired) electrons. The minimum Gasteiger partial charge on any atom is -0.384 e. The van der Waals surface area contributed by atoms with Gasteiger partial charge in [-0.3, -0.25) is 0 Å². The molecule has 21 heavy (non-hydrogen) atoms. The molecule has 118 valence electrons. The maximum atomic E-state index is 5.85. The van der Waals surface area contributed by atoms with Crippen LogP contribution >= 0.6 is 0 Å². The maximum Gasteiger partial charge on any atom is 0.223 e. The van der Waals surface area contributed by atoms with Crippen molar-refractivity contribution >= 4 is 17.6 Å². The van der Waals surface area contributed by atoms with Gasteiger partial charge in [0, 0.05) is 32.8 Å². The third-order valence-electron chi connectivity index (χ3n) is 3.81. The molecule has 6 heteroatoms. The van der Waals surface area contributed by atoms with E-state index in [1.54, 1.807) is 7.11 Å². The normalized spacial score (nSPS) is 18.8. The molecule has 1 aliphatic rings. The van der Waals surface area contributed by atoms with Crippen molar-refractivity contribution in [1.29, 1.82) is 0 Å². The van der Waals surface area contributed by atoms with Crippen molar-refractivity contribution in [3.8, 4) is 0 Å². The van der Waals surface area contributed by atoms with E-state index >= 15 is 0 Å². The van der Waals surface area contributed by atoms with Crippen LogP contribution in [0, 0.1) is 5.92 Å². The number of nitrogens with one attached hydrogen (secondary N) is 1. The molecule has 6 nitrogen and oxygen atoms in total. The van der Waals surface area contributed by atoms with E-state index in [1.165, 1.54) is 6.42 Å². The zero-order chi connectivity index (χ0) is 15.1. The molecule has 1 aromatic rings. The highest BCUT2D eigenvalue weighted by molar-refractivity contribution is 5.52. The minimum atomic E-state index is 0.334. The highest BCUT2D eigenvalue weighted by atomic mass is 16.5. The Labute approximate surface area is 127 Å². The van der Waals surface area contributed by atoms with E-state index in [0.717, 1.165) is 57.1 Å². The Morgan fingerprint density at radius 3 is 3.10 bits per heavy atom. The van der Waals surface area contributed by atoms with Crippen LogP contribution in [-0.2, 0) is 4.74 Å². The van der Waals surface area contributed by atoms with Gasteiger partial charge < -0.3 is 20.7 Å². The zero-order valence-electron chi connectivity index (χ0n) is 13.1. The molecule has 0 spiro atoms. The van der Waals surface area contributed by atoms with E-state index in [0.29, 0.717) is 11.9 Å². The number of anilines is 3. The van der Waals surface area contributed by atoms with Crippen LogP contribution in [0.15, 0.2) is 6.07 Å². The first-order valence-electron chi connectivity index (χ1n) is 7.85. The van der Waals surface area contributed by atoms with Crippen LogP contribution in [-0.4, -0.2) is 43.3 Å². The van der Waals surface area contributed by atoms with E-state index < -0.39 is 0 Å². The quantitative estimate of drug-likeness (QED) is 0.750. The summed E-state index contributed by atoms with van der Waals surface area (Å²) < 4.78 is 5.28. The van der Waals surface area contributed by atoms with Crippen LogP contribution in [0.25, 0.3) is 0 Å².